The Morgan fingerprint density at radius 2 is 1.00 bits per heavy atom. The Labute approximate surface area is 149 Å². The van der Waals surface area contributed by atoms with Crippen molar-refractivity contribution in [2.45, 2.75) is 0 Å². The molecule has 0 bridgehead atoms. The van der Waals surface area contributed by atoms with Gasteiger partial charge in [0.2, 0.25) is 0 Å². The van der Waals surface area contributed by atoms with Crippen molar-refractivity contribution in [2.24, 2.45) is 0 Å². The van der Waals surface area contributed by atoms with Crippen molar-refractivity contribution in [3.63, 3.8) is 0 Å². The van der Waals surface area contributed by atoms with Crippen molar-refractivity contribution in [1.82, 2.24) is 0 Å². The van der Waals surface area contributed by atoms with Crippen LogP contribution in [0.1, 0.15) is 0 Å². The summed E-state index contributed by atoms with van der Waals surface area (Å²) in [5, 5.41) is 0. The van der Waals surface area contributed by atoms with Crippen LogP contribution >= 0.6 is 0 Å². The Kier molecular flexibility index (Phi) is 148. The van der Waals surface area contributed by atoms with Crippen LogP contribution < -0.4 is 0 Å². The van der Waals surface area contributed by atoms with Crippen LogP contribution in [0.25, 0.3) is 0 Å². The molecule has 5 heavy (non-hydrogen) atoms. The van der Waals surface area contributed by atoms with Gasteiger partial charge < -0.3 is 0 Å². The molecule has 23 valence electrons. The second kappa shape index (κ2) is 23.0. The molecule has 0 unspecified atom stereocenters. The zero-order valence-electron chi connectivity index (χ0n) is 1.93. The molecule has 0 spiro atoms. The molecule has 5 heteroatoms. The van der Waals surface area contributed by atoms with Crippen LogP contribution in [0.5, 0.6) is 0 Å². The van der Waals surface area contributed by atoms with Crippen LogP contribution in [0, 0.1) is 77.3 Å². The third-order valence-electron chi connectivity index (χ3n) is 0. The Morgan fingerprint density at radius 3 is 1.00 bits per heavy atom. The van der Waals surface area contributed by atoms with Gasteiger partial charge in [-0.25, -0.2) is 0 Å². The zero-order chi connectivity index (χ0) is 0. The second-order valence-corrected chi connectivity index (χ2v) is 0. The molecular weight excluding hydrogens is 423 g/mol. The van der Waals surface area contributed by atoms with E-state index >= 15 is 0 Å². The summed E-state index contributed by atoms with van der Waals surface area (Å²) in [5.41, 5.74) is 0. The molecule has 0 aliphatic heterocycles. The van der Waals surface area contributed by atoms with Gasteiger partial charge in [0.25, 0.3) is 0 Å². The first kappa shape index (κ1) is 32.2. The molecule has 0 atom stereocenters. The molecule has 1 radical (unpaired) electrons. The molecule has 0 aliphatic carbocycles. The third-order valence-corrected chi connectivity index (χ3v) is 0. The van der Waals surface area contributed by atoms with Crippen molar-refractivity contribution in [2.75, 3.05) is 0 Å². The zero-order valence-corrected chi connectivity index (χ0v) is 11.4. The summed E-state index contributed by atoms with van der Waals surface area (Å²) in [7, 11) is 0. The first-order valence-electron chi connectivity index (χ1n) is 0. The standard InChI is InChI=1S/Ca.Ce.Fe.La.Ti.2H. The Morgan fingerprint density at radius 1 is 1.00 bits per heavy atom. The average Bonchev–Trinajstić information content (AvgIpc) is 0. The van der Waals surface area contributed by atoms with Gasteiger partial charge in [0, 0.05) is 116 Å². The molecule has 0 saturated carbocycles. The largest absolute Gasteiger partial charge is 0 e. The van der Waals surface area contributed by atoms with E-state index in [9.17, 15) is 0 Å². The first-order valence-corrected chi connectivity index (χ1v) is 0. The summed E-state index contributed by atoms with van der Waals surface area (Å²) in [6, 6.07) is 0. The Hall–Kier alpha value is 5.06. The minimum Gasteiger partial charge on any atom is 0 e. The van der Waals surface area contributed by atoms with Gasteiger partial charge >= 0.3 is 37.7 Å². The minimum atomic E-state index is 0. The fourth-order valence-corrected chi connectivity index (χ4v) is 0. The van der Waals surface area contributed by atoms with Gasteiger partial charge in [-0.05, 0) is 0 Å². The number of hydrogen-bond donors (Lipinski definition) is 0. The fraction of sp³-hybridized carbons (Fsp3) is 0. The summed E-state index contributed by atoms with van der Waals surface area (Å²) in [5.74, 6) is 0. The van der Waals surface area contributed by atoms with Crippen LogP contribution in [0.2, 0.25) is 0 Å². The Bertz CT molecular complexity index is 11.6. The van der Waals surface area contributed by atoms with Gasteiger partial charge in [0.05, 0.1) is 0 Å². The van der Waals surface area contributed by atoms with Crippen molar-refractivity contribution >= 4 is 37.7 Å². The quantitative estimate of drug-likeness (QED) is 0.441. The molecule has 0 amide bonds. The van der Waals surface area contributed by atoms with E-state index in [2.05, 4.69) is 0 Å². The number of rotatable bonds is 0. The molecule has 0 fully saturated rings. The Balaban J connectivity index is 0. The van der Waals surface area contributed by atoms with Gasteiger partial charge in [-0.1, -0.05) is 0 Å². The fourth-order valence-electron chi connectivity index (χ4n) is 0. The average molecular weight is 425 g/mol. The van der Waals surface area contributed by atoms with Gasteiger partial charge in [0.1, 0.15) is 0 Å². The summed E-state index contributed by atoms with van der Waals surface area (Å²) in [6.45, 7) is 0. The summed E-state index contributed by atoms with van der Waals surface area (Å²) < 4.78 is 0. The molecule has 0 N–H and O–H groups in total. The van der Waals surface area contributed by atoms with E-state index in [0.717, 1.165) is 0 Å². The molecule has 0 aromatic rings. The van der Waals surface area contributed by atoms with E-state index in [-0.39, 0.29) is 154 Å². The van der Waals surface area contributed by atoms with Gasteiger partial charge in [-0.3, -0.25) is 0 Å². The molecule has 0 heterocycles. The van der Waals surface area contributed by atoms with Crippen molar-refractivity contribution in [1.29, 1.82) is 0 Å². The van der Waals surface area contributed by atoms with Gasteiger partial charge in [-0.15, -0.1) is 0 Å². The maximum Gasteiger partial charge on any atom is 0 e. The predicted octanol–water partition coefficient (Wildman–Crippen LogP) is -0.921. The van der Waals surface area contributed by atoms with E-state index in [0.29, 0.717) is 0 Å². The monoisotopic (exact) mass is 425 g/mol. The molecule has 0 nitrogen and oxygen atoms in total. The normalized spacial score (nSPS) is 0. The topological polar surface area (TPSA) is 0 Å². The smallest absolute Gasteiger partial charge is 0 e. The van der Waals surface area contributed by atoms with E-state index in [1.165, 1.54) is 0 Å². The van der Waals surface area contributed by atoms with E-state index in [1.54, 1.807) is 0 Å². The van der Waals surface area contributed by atoms with Crippen LogP contribution in [0.15, 0.2) is 0 Å². The minimum absolute atomic E-state index is 0. The molecule has 0 aliphatic rings. The van der Waals surface area contributed by atoms with E-state index < -0.39 is 0 Å². The van der Waals surface area contributed by atoms with E-state index in [4.69, 9.17) is 0 Å². The number of hydrogen-bond acceptors (Lipinski definition) is 0. The van der Waals surface area contributed by atoms with Crippen molar-refractivity contribution in [3.05, 3.63) is 0 Å². The van der Waals surface area contributed by atoms with Crippen molar-refractivity contribution < 1.29 is 116 Å². The molecule has 0 aromatic carbocycles. The van der Waals surface area contributed by atoms with Gasteiger partial charge in [-0.2, -0.15) is 0 Å². The molecular formula is H2CaCeFeLaTi. The third kappa shape index (κ3) is 17.6. The van der Waals surface area contributed by atoms with Crippen LogP contribution in [0.4, 0.5) is 0 Å². The maximum absolute atomic E-state index is 0. The first-order chi connectivity index (χ1) is 0. The summed E-state index contributed by atoms with van der Waals surface area (Å²) in [4.78, 5) is 0. The summed E-state index contributed by atoms with van der Waals surface area (Å²) >= 11 is 0. The second-order valence-electron chi connectivity index (χ2n) is 0. The van der Waals surface area contributed by atoms with Crippen molar-refractivity contribution in [3.8, 4) is 0 Å². The SMILES string of the molecule is [CaH2].[Ce].[Fe].[La].[Ti]. The molecule has 0 aromatic heterocycles. The predicted molar refractivity (Wildman–Crippen MR) is 8.54 cm³/mol. The maximum atomic E-state index is 0. The van der Waals surface area contributed by atoms with Crippen LogP contribution in [-0.2, 0) is 38.8 Å². The summed E-state index contributed by atoms with van der Waals surface area (Å²) in [6.07, 6.45) is 0. The molecule has 0 saturated heterocycles. The molecule has 0 rings (SSSR count). The van der Waals surface area contributed by atoms with Crippen LogP contribution in [0.3, 0.4) is 0 Å². The van der Waals surface area contributed by atoms with Crippen LogP contribution in [-0.4, -0.2) is 37.7 Å². The van der Waals surface area contributed by atoms with Gasteiger partial charge in [0.15, 0.2) is 0 Å². The van der Waals surface area contributed by atoms with E-state index in [1.807, 2.05) is 0 Å².